The number of aryl methyl sites for hydroxylation is 2. The first-order valence-corrected chi connectivity index (χ1v) is 8.89. The van der Waals surface area contributed by atoms with Crippen molar-refractivity contribution in [2.45, 2.75) is 13.8 Å². The van der Waals surface area contributed by atoms with Gasteiger partial charge >= 0.3 is 0 Å². The molecule has 0 atom stereocenters. The van der Waals surface area contributed by atoms with Crippen LogP contribution in [0.5, 0.6) is 5.75 Å². The second-order valence-electron chi connectivity index (χ2n) is 6.78. The predicted molar refractivity (Wildman–Crippen MR) is 110 cm³/mol. The van der Waals surface area contributed by atoms with E-state index in [1.165, 1.54) is 0 Å². The number of hydrogen-bond acceptors (Lipinski definition) is 4. The second-order valence-corrected chi connectivity index (χ2v) is 6.78. The summed E-state index contributed by atoms with van der Waals surface area (Å²) in [6.45, 7) is 3.87. The normalized spacial score (nSPS) is 11.0. The summed E-state index contributed by atoms with van der Waals surface area (Å²) in [4.78, 5) is 25.3. The van der Waals surface area contributed by atoms with Crippen molar-refractivity contribution in [3.63, 3.8) is 0 Å². The molecule has 1 amide bonds. The first-order valence-electron chi connectivity index (χ1n) is 8.89. The van der Waals surface area contributed by atoms with Gasteiger partial charge in [0, 0.05) is 17.3 Å². The van der Waals surface area contributed by atoms with Crippen molar-refractivity contribution < 1.29 is 13.9 Å². The largest absolute Gasteiger partial charge is 0.497 e. The van der Waals surface area contributed by atoms with E-state index < -0.39 is 0 Å². The number of fused-ring (bicyclic) bond motifs is 2. The van der Waals surface area contributed by atoms with Gasteiger partial charge in [-0.3, -0.25) is 9.59 Å². The molecule has 0 saturated carbocycles. The highest BCUT2D eigenvalue weighted by Gasteiger charge is 2.12. The number of carbonyl (C=O) groups is 1. The molecule has 0 radical (unpaired) electrons. The minimum absolute atomic E-state index is 0.0731. The van der Waals surface area contributed by atoms with Gasteiger partial charge in [-0.1, -0.05) is 6.07 Å². The van der Waals surface area contributed by atoms with E-state index in [9.17, 15) is 9.59 Å². The highest BCUT2D eigenvalue weighted by molar-refractivity contribution is 6.05. The number of ether oxygens (including phenoxy) is 1. The van der Waals surface area contributed by atoms with Crippen LogP contribution in [0.1, 0.15) is 21.5 Å². The van der Waals surface area contributed by atoms with E-state index in [2.05, 4.69) is 5.32 Å². The molecule has 0 bridgehead atoms. The molecule has 1 heterocycles. The summed E-state index contributed by atoms with van der Waals surface area (Å²) in [7, 11) is 1.57. The number of hydrogen-bond donors (Lipinski definition) is 1. The Morgan fingerprint density at radius 3 is 2.43 bits per heavy atom. The van der Waals surface area contributed by atoms with Gasteiger partial charge in [0.25, 0.3) is 5.91 Å². The third-order valence-electron chi connectivity index (χ3n) is 4.71. The molecular weight excluding hydrogens is 354 g/mol. The Morgan fingerprint density at radius 2 is 1.71 bits per heavy atom. The van der Waals surface area contributed by atoms with Gasteiger partial charge in [-0.05, 0) is 67.4 Å². The monoisotopic (exact) mass is 373 g/mol. The summed E-state index contributed by atoms with van der Waals surface area (Å²) in [6.07, 6.45) is 0. The third kappa shape index (κ3) is 3.11. The van der Waals surface area contributed by atoms with E-state index in [0.717, 1.165) is 11.1 Å². The van der Waals surface area contributed by atoms with Crippen LogP contribution >= 0.6 is 0 Å². The van der Waals surface area contributed by atoms with Crippen molar-refractivity contribution in [2.24, 2.45) is 0 Å². The quantitative estimate of drug-likeness (QED) is 0.523. The molecule has 5 heteroatoms. The van der Waals surface area contributed by atoms with Crippen LogP contribution < -0.4 is 15.5 Å². The molecule has 4 aromatic rings. The maximum Gasteiger partial charge on any atom is 0.255 e. The molecule has 0 aliphatic heterocycles. The Morgan fingerprint density at radius 1 is 0.964 bits per heavy atom. The Balaban J connectivity index is 1.73. The smallest absolute Gasteiger partial charge is 0.255 e. The lowest BCUT2D eigenvalue weighted by molar-refractivity contribution is 0.102. The SMILES string of the molecule is COc1ccc(C(=O)Nc2ccc3c(=O)c4cc(C)cc(C)c4oc3c2)cc1. The maximum absolute atomic E-state index is 12.8. The molecule has 3 aromatic carbocycles. The van der Waals surface area contributed by atoms with Gasteiger partial charge < -0.3 is 14.5 Å². The van der Waals surface area contributed by atoms with E-state index in [-0.39, 0.29) is 11.3 Å². The fourth-order valence-electron chi connectivity index (χ4n) is 3.33. The van der Waals surface area contributed by atoms with Crippen LogP contribution in [0.2, 0.25) is 0 Å². The minimum Gasteiger partial charge on any atom is -0.497 e. The Kier molecular flexibility index (Phi) is 4.35. The first-order chi connectivity index (χ1) is 13.5. The van der Waals surface area contributed by atoms with Crippen LogP contribution in [0.25, 0.3) is 21.9 Å². The summed E-state index contributed by atoms with van der Waals surface area (Å²) in [5.41, 5.74) is 3.92. The number of benzene rings is 3. The van der Waals surface area contributed by atoms with Crippen LogP contribution in [-0.4, -0.2) is 13.0 Å². The summed E-state index contributed by atoms with van der Waals surface area (Å²) >= 11 is 0. The van der Waals surface area contributed by atoms with Crippen LogP contribution in [0.4, 0.5) is 5.69 Å². The van der Waals surface area contributed by atoms with E-state index in [1.54, 1.807) is 49.6 Å². The topological polar surface area (TPSA) is 68.5 Å². The summed E-state index contributed by atoms with van der Waals surface area (Å²) in [6, 6.07) is 15.7. The third-order valence-corrected chi connectivity index (χ3v) is 4.71. The molecule has 28 heavy (non-hydrogen) atoms. The van der Waals surface area contributed by atoms with Gasteiger partial charge in [-0.2, -0.15) is 0 Å². The molecule has 1 N–H and O–H groups in total. The van der Waals surface area contributed by atoms with E-state index in [0.29, 0.717) is 38.9 Å². The first kappa shape index (κ1) is 17.8. The molecule has 0 saturated heterocycles. The number of carbonyl (C=O) groups excluding carboxylic acids is 1. The van der Waals surface area contributed by atoms with E-state index in [4.69, 9.17) is 9.15 Å². The standard InChI is InChI=1S/C23H19NO4/c1-13-10-14(2)22-19(11-13)21(25)18-9-6-16(12-20(18)28-22)24-23(26)15-4-7-17(27-3)8-5-15/h4-12H,1-3H3,(H,24,26). The van der Waals surface area contributed by atoms with Crippen LogP contribution in [-0.2, 0) is 0 Å². The van der Waals surface area contributed by atoms with Crippen molar-refractivity contribution in [1.82, 2.24) is 0 Å². The average Bonchev–Trinajstić information content (AvgIpc) is 2.69. The van der Waals surface area contributed by atoms with Crippen molar-refractivity contribution >= 4 is 33.5 Å². The fourth-order valence-corrected chi connectivity index (χ4v) is 3.33. The van der Waals surface area contributed by atoms with Gasteiger partial charge in [-0.25, -0.2) is 0 Å². The van der Waals surface area contributed by atoms with E-state index >= 15 is 0 Å². The minimum atomic E-state index is -0.253. The summed E-state index contributed by atoms with van der Waals surface area (Å²) in [5, 5.41) is 3.89. The molecule has 0 fully saturated rings. The molecular formula is C23H19NO4. The predicted octanol–water partition coefficient (Wildman–Crippen LogP) is 4.82. The number of rotatable bonds is 3. The Hall–Kier alpha value is -3.60. The maximum atomic E-state index is 12.8. The second kappa shape index (κ2) is 6.85. The summed E-state index contributed by atoms with van der Waals surface area (Å²) in [5.74, 6) is 0.429. The van der Waals surface area contributed by atoms with Crippen molar-refractivity contribution in [3.8, 4) is 5.75 Å². The zero-order valence-electron chi connectivity index (χ0n) is 15.8. The lowest BCUT2D eigenvalue weighted by Gasteiger charge is -2.09. The lowest BCUT2D eigenvalue weighted by atomic mass is 10.1. The van der Waals surface area contributed by atoms with Gasteiger partial charge in [0.15, 0.2) is 0 Å². The van der Waals surface area contributed by atoms with Gasteiger partial charge in [0.1, 0.15) is 16.9 Å². The lowest BCUT2D eigenvalue weighted by Crippen LogP contribution is -2.12. The number of amides is 1. The number of methoxy groups -OCH3 is 1. The molecule has 140 valence electrons. The Labute approximate surface area is 161 Å². The van der Waals surface area contributed by atoms with Crippen LogP contribution in [0, 0.1) is 13.8 Å². The molecule has 0 unspecified atom stereocenters. The molecule has 5 nitrogen and oxygen atoms in total. The van der Waals surface area contributed by atoms with Gasteiger partial charge in [0.2, 0.25) is 5.43 Å². The number of nitrogens with one attached hydrogen (secondary N) is 1. The number of anilines is 1. The van der Waals surface area contributed by atoms with Crippen molar-refractivity contribution in [1.29, 1.82) is 0 Å². The highest BCUT2D eigenvalue weighted by Crippen LogP contribution is 2.25. The van der Waals surface area contributed by atoms with E-state index in [1.807, 2.05) is 26.0 Å². The average molecular weight is 373 g/mol. The zero-order valence-corrected chi connectivity index (χ0v) is 15.8. The highest BCUT2D eigenvalue weighted by atomic mass is 16.5. The van der Waals surface area contributed by atoms with Crippen molar-refractivity contribution in [3.05, 3.63) is 81.5 Å². The molecule has 0 aliphatic rings. The van der Waals surface area contributed by atoms with Gasteiger partial charge in [-0.15, -0.1) is 0 Å². The van der Waals surface area contributed by atoms with Gasteiger partial charge in [0.05, 0.1) is 17.9 Å². The van der Waals surface area contributed by atoms with Crippen molar-refractivity contribution in [2.75, 3.05) is 12.4 Å². The van der Waals surface area contributed by atoms with Crippen LogP contribution in [0.3, 0.4) is 0 Å². The zero-order chi connectivity index (χ0) is 19.8. The molecule has 4 rings (SSSR count). The van der Waals surface area contributed by atoms with Crippen LogP contribution in [0.15, 0.2) is 63.8 Å². The summed E-state index contributed by atoms with van der Waals surface area (Å²) < 4.78 is 11.1. The molecule has 0 spiro atoms. The molecule has 0 aliphatic carbocycles. The Bertz CT molecular complexity index is 1270. The fraction of sp³-hybridized carbons (Fsp3) is 0.130. The molecule has 1 aromatic heterocycles.